The SMILES string of the molecule is COC(=O)c1cncnc1NCC(=O)NC(C)C. The summed E-state index contributed by atoms with van der Waals surface area (Å²) in [6, 6.07) is 0.0600. The second-order valence-electron chi connectivity index (χ2n) is 3.85. The molecule has 1 aromatic rings. The Morgan fingerprint density at radius 3 is 2.78 bits per heavy atom. The minimum atomic E-state index is -0.553. The van der Waals surface area contributed by atoms with Crippen molar-refractivity contribution in [3.8, 4) is 0 Å². The normalized spacial score (nSPS) is 10.0. The molecule has 0 aliphatic rings. The summed E-state index contributed by atoms with van der Waals surface area (Å²) in [6.45, 7) is 3.75. The van der Waals surface area contributed by atoms with Crippen molar-refractivity contribution in [2.24, 2.45) is 0 Å². The highest BCUT2D eigenvalue weighted by Crippen LogP contribution is 2.10. The minimum Gasteiger partial charge on any atom is -0.465 e. The first-order chi connectivity index (χ1) is 8.54. The van der Waals surface area contributed by atoms with Gasteiger partial charge in [0.1, 0.15) is 17.7 Å². The van der Waals surface area contributed by atoms with E-state index in [4.69, 9.17) is 0 Å². The summed E-state index contributed by atoms with van der Waals surface area (Å²) in [4.78, 5) is 30.5. The van der Waals surface area contributed by atoms with Gasteiger partial charge in [0, 0.05) is 12.2 Å². The molecule has 1 rings (SSSR count). The van der Waals surface area contributed by atoms with E-state index >= 15 is 0 Å². The fraction of sp³-hybridized carbons (Fsp3) is 0.455. The van der Waals surface area contributed by atoms with Gasteiger partial charge < -0.3 is 15.4 Å². The molecule has 18 heavy (non-hydrogen) atoms. The van der Waals surface area contributed by atoms with Gasteiger partial charge in [-0.3, -0.25) is 4.79 Å². The van der Waals surface area contributed by atoms with Crippen molar-refractivity contribution in [3.63, 3.8) is 0 Å². The number of carbonyl (C=O) groups excluding carboxylic acids is 2. The molecule has 1 amide bonds. The molecule has 0 spiro atoms. The standard InChI is InChI=1S/C11H16N4O3/c1-7(2)15-9(16)5-13-10-8(11(17)18-3)4-12-6-14-10/h4,6-7H,5H2,1-3H3,(H,15,16)(H,12,13,14). The molecule has 0 aliphatic carbocycles. The number of methoxy groups -OCH3 is 1. The summed E-state index contributed by atoms with van der Waals surface area (Å²) >= 11 is 0. The van der Waals surface area contributed by atoms with E-state index in [0.29, 0.717) is 0 Å². The first-order valence-electron chi connectivity index (χ1n) is 5.46. The fourth-order valence-corrected chi connectivity index (χ4v) is 1.27. The molecule has 0 fully saturated rings. The van der Waals surface area contributed by atoms with E-state index in [0.717, 1.165) is 0 Å². The topological polar surface area (TPSA) is 93.2 Å². The second kappa shape index (κ2) is 6.53. The van der Waals surface area contributed by atoms with Gasteiger partial charge in [-0.05, 0) is 13.8 Å². The van der Waals surface area contributed by atoms with Crippen LogP contribution in [0.3, 0.4) is 0 Å². The van der Waals surface area contributed by atoms with Gasteiger partial charge in [-0.2, -0.15) is 0 Å². The highest BCUT2D eigenvalue weighted by molar-refractivity contribution is 5.94. The van der Waals surface area contributed by atoms with Gasteiger partial charge in [0.25, 0.3) is 0 Å². The number of hydrogen-bond donors (Lipinski definition) is 2. The number of ether oxygens (including phenoxy) is 1. The van der Waals surface area contributed by atoms with E-state index in [2.05, 4.69) is 25.3 Å². The lowest BCUT2D eigenvalue weighted by Gasteiger charge is -2.11. The van der Waals surface area contributed by atoms with Crippen molar-refractivity contribution in [3.05, 3.63) is 18.1 Å². The number of hydrogen-bond acceptors (Lipinski definition) is 6. The van der Waals surface area contributed by atoms with Gasteiger partial charge in [0.05, 0.1) is 13.7 Å². The number of nitrogens with one attached hydrogen (secondary N) is 2. The van der Waals surface area contributed by atoms with Crippen LogP contribution in [-0.4, -0.2) is 41.5 Å². The van der Waals surface area contributed by atoms with Gasteiger partial charge >= 0.3 is 5.97 Å². The molecule has 98 valence electrons. The zero-order valence-corrected chi connectivity index (χ0v) is 10.6. The van der Waals surface area contributed by atoms with Gasteiger partial charge in [-0.15, -0.1) is 0 Å². The molecule has 0 atom stereocenters. The molecule has 0 aromatic carbocycles. The first-order valence-corrected chi connectivity index (χ1v) is 5.46. The molecule has 7 nitrogen and oxygen atoms in total. The Hall–Kier alpha value is -2.18. The maximum atomic E-state index is 11.4. The van der Waals surface area contributed by atoms with Crippen molar-refractivity contribution in [1.29, 1.82) is 0 Å². The molecule has 0 saturated heterocycles. The Bertz CT molecular complexity index is 434. The number of aromatic nitrogens is 2. The molecule has 0 aliphatic heterocycles. The summed E-state index contributed by atoms with van der Waals surface area (Å²) in [5.74, 6) is -0.461. The minimum absolute atomic E-state index is 0.0270. The van der Waals surface area contributed by atoms with E-state index in [1.165, 1.54) is 19.6 Å². The molecule has 0 radical (unpaired) electrons. The van der Waals surface area contributed by atoms with Crippen LogP contribution in [0.5, 0.6) is 0 Å². The lowest BCUT2D eigenvalue weighted by molar-refractivity contribution is -0.119. The van der Waals surface area contributed by atoms with Gasteiger partial charge in [-0.25, -0.2) is 14.8 Å². The van der Waals surface area contributed by atoms with Gasteiger partial charge in [-0.1, -0.05) is 0 Å². The maximum absolute atomic E-state index is 11.4. The van der Waals surface area contributed by atoms with Crippen LogP contribution in [0.25, 0.3) is 0 Å². The first kappa shape index (κ1) is 13.9. The molecule has 1 heterocycles. The van der Waals surface area contributed by atoms with Crippen molar-refractivity contribution in [1.82, 2.24) is 15.3 Å². The average molecular weight is 252 g/mol. The van der Waals surface area contributed by atoms with Gasteiger partial charge in [0.2, 0.25) is 5.91 Å². The lowest BCUT2D eigenvalue weighted by atomic mass is 10.3. The Balaban J connectivity index is 2.67. The summed E-state index contributed by atoms with van der Waals surface area (Å²) in [7, 11) is 1.27. The molecular weight excluding hydrogens is 236 g/mol. The van der Waals surface area contributed by atoms with Crippen molar-refractivity contribution >= 4 is 17.7 Å². The molecule has 0 bridgehead atoms. The van der Waals surface area contributed by atoms with Crippen molar-refractivity contribution < 1.29 is 14.3 Å². The Morgan fingerprint density at radius 2 is 2.17 bits per heavy atom. The largest absolute Gasteiger partial charge is 0.465 e. The zero-order chi connectivity index (χ0) is 13.5. The molecule has 0 saturated carbocycles. The third-order valence-corrected chi connectivity index (χ3v) is 1.98. The predicted octanol–water partition coefficient (Wildman–Crippen LogP) is 0.200. The van der Waals surface area contributed by atoms with E-state index in [9.17, 15) is 9.59 Å². The number of amides is 1. The molecule has 7 heteroatoms. The van der Waals surface area contributed by atoms with Crippen LogP contribution < -0.4 is 10.6 Å². The number of nitrogens with zero attached hydrogens (tertiary/aromatic N) is 2. The third-order valence-electron chi connectivity index (χ3n) is 1.98. The van der Waals surface area contributed by atoms with Crippen LogP contribution in [-0.2, 0) is 9.53 Å². The number of rotatable bonds is 5. The number of anilines is 1. The Morgan fingerprint density at radius 1 is 1.44 bits per heavy atom. The van der Waals surface area contributed by atoms with Crippen LogP contribution >= 0.6 is 0 Å². The smallest absolute Gasteiger partial charge is 0.343 e. The lowest BCUT2D eigenvalue weighted by Crippen LogP contribution is -2.35. The van der Waals surface area contributed by atoms with Crippen LogP contribution in [0.4, 0.5) is 5.82 Å². The van der Waals surface area contributed by atoms with Crippen LogP contribution in [0.1, 0.15) is 24.2 Å². The zero-order valence-electron chi connectivity index (χ0n) is 10.6. The van der Waals surface area contributed by atoms with E-state index in [-0.39, 0.29) is 29.9 Å². The molecule has 0 unspecified atom stereocenters. The fourth-order valence-electron chi connectivity index (χ4n) is 1.27. The highest BCUT2D eigenvalue weighted by Gasteiger charge is 2.13. The maximum Gasteiger partial charge on any atom is 0.343 e. The van der Waals surface area contributed by atoms with Crippen molar-refractivity contribution in [2.45, 2.75) is 19.9 Å². The number of esters is 1. The summed E-state index contributed by atoms with van der Waals surface area (Å²) in [5, 5.41) is 5.48. The second-order valence-corrected chi connectivity index (χ2v) is 3.85. The van der Waals surface area contributed by atoms with Crippen LogP contribution in [0, 0.1) is 0 Å². The highest BCUT2D eigenvalue weighted by atomic mass is 16.5. The van der Waals surface area contributed by atoms with Crippen molar-refractivity contribution in [2.75, 3.05) is 19.0 Å². The number of carbonyl (C=O) groups is 2. The molecule has 1 aromatic heterocycles. The Kier molecular flexibility index (Phi) is 5.04. The van der Waals surface area contributed by atoms with Crippen LogP contribution in [0.2, 0.25) is 0 Å². The third kappa shape index (κ3) is 4.00. The summed E-state index contributed by atoms with van der Waals surface area (Å²) < 4.78 is 4.59. The Labute approximate surface area is 105 Å². The monoisotopic (exact) mass is 252 g/mol. The quantitative estimate of drug-likeness (QED) is 0.727. The molecular formula is C11H16N4O3. The van der Waals surface area contributed by atoms with Gasteiger partial charge in [0.15, 0.2) is 0 Å². The predicted molar refractivity (Wildman–Crippen MR) is 65.1 cm³/mol. The van der Waals surface area contributed by atoms with E-state index in [1.807, 2.05) is 13.8 Å². The van der Waals surface area contributed by atoms with Crippen LogP contribution in [0.15, 0.2) is 12.5 Å². The molecule has 2 N–H and O–H groups in total. The van der Waals surface area contributed by atoms with E-state index in [1.54, 1.807) is 0 Å². The average Bonchev–Trinajstić information content (AvgIpc) is 2.35. The van der Waals surface area contributed by atoms with E-state index < -0.39 is 5.97 Å². The summed E-state index contributed by atoms with van der Waals surface area (Å²) in [5.41, 5.74) is 0.192. The summed E-state index contributed by atoms with van der Waals surface area (Å²) in [6.07, 6.45) is 2.62.